The first-order valence-corrected chi connectivity index (χ1v) is 5.99. The van der Waals surface area contributed by atoms with E-state index in [4.69, 9.17) is 0 Å². The number of para-hydroxylation sites is 1. The molecule has 2 aromatic rings. The van der Waals surface area contributed by atoms with E-state index in [1.807, 2.05) is 24.4 Å². The Hall–Kier alpha value is -1.89. The molecular weight excluding hydrogens is 206 g/mol. The van der Waals surface area contributed by atoms with E-state index in [1.165, 1.54) is 16.7 Å². The molecule has 0 N–H and O–H groups in total. The van der Waals surface area contributed by atoms with Crippen LogP contribution in [-0.2, 0) is 6.42 Å². The van der Waals surface area contributed by atoms with E-state index in [1.54, 1.807) is 0 Å². The van der Waals surface area contributed by atoms with Crippen LogP contribution in [-0.4, -0.2) is 6.21 Å². The maximum absolute atomic E-state index is 4.56. The standard InChI is InChI=1S/C16H17N/c1-3-14-9-5-6-10-15(14)12-17-16-11-7-4-8-13(16)2/h4-12H,3H2,1-2H3. The molecule has 0 amide bonds. The monoisotopic (exact) mass is 223 g/mol. The lowest BCUT2D eigenvalue weighted by Gasteiger charge is -2.02. The molecule has 0 bridgehead atoms. The van der Waals surface area contributed by atoms with Gasteiger partial charge in [-0.3, -0.25) is 4.99 Å². The Bertz CT molecular complexity index is 527. The largest absolute Gasteiger partial charge is 0.256 e. The molecular formula is C16H17N. The fourth-order valence-corrected chi connectivity index (χ4v) is 1.83. The first-order valence-electron chi connectivity index (χ1n) is 5.99. The third kappa shape index (κ3) is 2.82. The average molecular weight is 223 g/mol. The molecule has 2 rings (SSSR count). The summed E-state index contributed by atoms with van der Waals surface area (Å²) in [4.78, 5) is 4.56. The molecule has 0 fully saturated rings. The molecule has 0 aromatic heterocycles. The van der Waals surface area contributed by atoms with E-state index in [0.29, 0.717) is 0 Å². The van der Waals surface area contributed by atoms with Crippen molar-refractivity contribution in [1.82, 2.24) is 0 Å². The van der Waals surface area contributed by atoms with Crippen LogP contribution < -0.4 is 0 Å². The zero-order valence-corrected chi connectivity index (χ0v) is 10.4. The van der Waals surface area contributed by atoms with Crippen molar-refractivity contribution < 1.29 is 0 Å². The van der Waals surface area contributed by atoms with E-state index in [9.17, 15) is 0 Å². The highest BCUT2D eigenvalue weighted by Gasteiger charge is 1.97. The van der Waals surface area contributed by atoms with E-state index in [2.05, 4.69) is 49.2 Å². The number of hydrogen-bond acceptors (Lipinski definition) is 1. The predicted molar refractivity (Wildman–Crippen MR) is 74.3 cm³/mol. The Balaban J connectivity index is 2.29. The van der Waals surface area contributed by atoms with Crippen LogP contribution in [0.25, 0.3) is 0 Å². The molecule has 0 heterocycles. The van der Waals surface area contributed by atoms with E-state index < -0.39 is 0 Å². The highest BCUT2D eigenvalue weighted by Crippen LogP contribution is 2.17. The summed E-state index contributed by atoms with van der Waals surface area (Å²) in [6, 6.07) is 16.6. The van der Waals surface area contributed by atoms with Gasteiger partial charge < -0.3 is 0 Å². The van der Waals surface area contributed by atoms with E-state index >= 15 is 0 Å². The zero-order valence-electron chi connectivity index (χ0n) is 10.4. The predicted octanol–water partition coefficient (Wildman–Crippen LogP) is 4.31. The third-order valence-electron chi connectivity index (χ3n) is 2.89. The van der Waals surface area contributed by atoms with Gasteiger partial charge in [-0.1, -0.05) is 49.4 Å². The van der Waals surface area contributed by atoms with Gasteiger partial charge in [0.2, 0.25) is 0 Å². The smallest absolute Gasteiger partial charge is 0.0659 e. The van der Waals surface area contributed by atoms with Gasteiger partial charge in [-0.15, -0.1) is 0 Å². The van der Waals surface area contributed by atoms with E-state index in [-0.39, 0.29) is 0 Å². The Labute approximate surface area is 103 Å². The Morgan fingerprint density at radius 2 is 1.71 bits per heavy atom. The van der Waals surface area contributed by atoms with Gasteiger partial charge in [-0.05, 0) is 36.1 Å². The molecule has 0 saturated heterocycles. The molecule has 17 heavy (non-hydrogen) atoms. The summed E-state index contributed by atoms with van der Waals surface area (Å²) >= 11 is 0. The molecule has 1 heteroatoms. The highest BCUT2D eigenvalue weighted by molar-refractivity contribution is 5.84. The van der Waals surface area contributed by atoms with Crippen molar-refractivity contribution in [3.05, 3.63) is 65.2 Å². The fourth-order valence-electron chi connectivity index (χ4n) is 1.83. The van der Waals surface area contributed by atoms with Crippen molar-refractivity contribution in [2.75, 3.05) is 0 Å². The molecule has 0 aliphatic carbocycles. The van der Waals surface area contributed by atoms with Crippen molar-refractivity contribution in [3.63, 3.8) is 0 Å². The second kappa shape index (κ2) is 5.44. The van der Waals surface area contributed by atoms with Crippen molar-refractivity contribution in [2.45, 2.75) is 20.3 Å². The van der Waals surface area contributed by atoms with Gasteiger partial charge in [0.15, 0.2) is 0 Å². The van der Waals surface area contributed by atoms with Gasteiger partial charge in [-0.2, -0.15) is 0 Å². The van der Waals surface area contributed by atoms with Gasteiger partial charge in [0.1, 0.15) is 0 Å². The zero-order chi connectivity index (χ0) is 12.1. The highest BCUT2D eigenvalue weighted by atomic mass is 14.7. The lowest BCUT2D eigenvalue weighted by Crippen LogP contribution is -1.89. The third-order valence-corrected chi connectivity index (χ3v) is 2.89. The van der Waals surface area contributed by atoms with Crippen LogP contribution in [0, 0.1) is 6.92 Å². The number of nitrogens with zero attached hydrogens (tertiary/aromatic N) is 1. The van der Waals surface area contributed by atoms with Gasteiger partial charge >= 0.3 is 0 Å². The average Bonchev–Trinajstić information content (AvgIpc) is 2.38. The Morgan fingerprint density at radius 3 is 2.47 bits per heavy atom. The van der Waals surface area contributed by atoms with Crippen LogP contribution in [0.3, 0.4) is 0 Å². The van der Waals surface area contributed by atoms with Crippen LogP contribution in [0.4, 0.5) is 5.69 Å². The molecule has 0 atom stereocenters. The summed E-state index contributed by atoms with van der Waals surface area (Å²) in [6.45, 7) is 4.25. The molecule has 0 spiro atoms. The number of aryl methyl sites for hydroxylation is 2. The molecule has 0 unspecified atom stereocenters. The van der Waals surface area contributed by atoms with Crippen molar-refractivity contribution >= 4 is 11.9 Å². The van der Waals surface area contributed by atoms with Crippen LogP contribution in [0.15, 0.2) is 53.5 Å². The first-order chi connectivity index (χ1) is 8.31. The second-order valence-electron chi connectivity index (χ2n) is 4.10. The van der Waals surface area contributed by atoms with Gasteiger partial charge in [0.25, 0.3) is 0 Å². The SMILES string of the molecule is CCc1ccccc1C=Nc1ccccc1C. The summed E-state index contributed by atoms with van der Waals surface area (Å²) in [5.74, 6) is 0. The molecule has 1 nitrogen and oxygen atoms in total. The quantitative estimate of drug-likeness (QED) is 0.688. The Morgan fingerprint density at radius 1 is 1.00 bits per heavy atom. The van der Waals surface area contributed by atoms with Crippen molar-refractivity contribution in [3.8, 4) is 0 Å². The summed E-state index contributed by atoms with van der Waals surface area (Å²) in [5.41, 5.74) is 4.79. The maximum Gasteiger partial charge on any atom is 0.0659 e. The maximum atomic E-state index is 4.56. The van der Waals surface area contributed by atoms with Crippen LogP contribution >= 0.6 is 0 Å². The van der Waals surface area contributed by atoms with Crippen molar-refractivity contribution in [2.24, 2.45) is 4.99 Å². The van der Waals surface area contributed by atoms with Crippen LogP contribution in [0.5, 0.6) is 0 Å². The summed E-state index contributed by atoms with van der Waals surface area (Å²) in [7, 11) is 0. The lowest BCUT2D eigenvalue weighted by molar-refractivity contribution is 1.13. The topological polar surface area (TPSA) is 12.4 Å². The number of hydrogen-bond donors (Lipinski definition) is 0. The molecule has 2 aromatic carbocycles. The number of rotatable bonds is 3. The first kappa shape index (κ1) is 11.6. The van der Waals surface area contributed by atoms with Gasteiger partial charge in [0.05, 0.1) is 5.69 Å². The summed E-state index contributed by atoms with van der Waals surface area (Å²) in [5, 5.41) is 0. The van der Waals surface area contributed by atoms with Crippen LogP contribution in [0.1, 0.15) is 23.6 Å². The second-order valence-corrected chi connectivity index (χ2v) is 4.10. The summed E-state index contributed by atoms with van der Waals surface area (Å²) < 4.78 is 0. The molecule has 0 radical (unpaired) electrons. The van der Waals surface area contributed by atoms with Crippen LogP contribution in [0.2, 0.25) is 0 Å². The molecule has 0 saturated carbocycles. The molecule has 0 aliphatic rings. The van der Waals surface area contributed by atoms with Gasteiger partial charge in [0, 0.05) is 6.21 Å². The Kier molecular flexibility index (Phi) is 3.71. The summed E-state index contributed by atoms with van der Waals surface area (Å²) in [6.07, 6.45) is 3.00. The normalized spacial score (nSPS) is 10.9. The van der Waals surface area contributed by atoms with E-state index in [0.717, 1.165) is 12.1 Å². The minimum Gasteiger partial charge on any atom is -0.256 e. The molecule has 86 valence electrons. The number of aliphatic imine (C=N–C) groups is 1. The fraction of sp³-hybridized carbons (Fsp3) is 0.188. The van der Waals surface area contributed by atoms with Gasteiger partial charge in [-0.25, -0.2) is 0 Å². The number of benzene rings is 2. The lowest BCUT2D eigenvalue weighted by atomic mass is 10.1. The molecule has 0 aliphatic heterocycles. The minimum atomic E-state index is 1.04. The minimum absolute atomic E-state index is 1.04. The van der Waals surface area contributed by atoms with Crippen molar-refractivity contribution in [1.29, 1.82) is 0 Å².